The molecule has 0 aliphatic carbocycles. The van der Waals surface area contributed by atoms with E-state index in [1.165, 1.54) is 27.9 Å². The maximum atomic E-state index is 11.4. The monoisotopic (exact) mass is 348 g/mol. The van der Waals surface area contributed by atoms with E-state index in [1.807, 2.05) is 0 Å². The zero-order valence-corrected chi connectivity index (χ0v) is 14.5. The fourth-order valence-electron chi connectivity index (χ4n) is 2.43. The molecule has 0 radical (unpaired) electrons. The minimum Gasteiger partial charge on any atom is -0.463 e. The van der Waals surface area contributed by atoms with Crippen LogP contribution in [0, 0.1) is 0 Å². The summed E-state index contributed by atoms with van der Waals surface area (Å²) in [6, 6.07) is 0. The van der Waals surface area contributed by atoms with Crippen molar-refractivity contribution < 1.29 is 42.8 Å². The Morgan fingerprint density at radius 3 is 1.96 bits per heavy atom. The molecule has 0 aromatic rings. The molecule has 0 saturated carbocycles. The number of ether oxygens (including phenoxy) is 6. The minimum atomic E-state index is -0.948. The van der Waals surface area contributed by atoms with E-state index in [1.54, 1.807) is 6.92 Å². The first-order chi connectivity index (χ1) is 11.3. The highest BCUT2D eigenvalue weighted by Gasteiger charge is 2.51. The highest BCUT2D eigenvalue weighted by Crippen LogP contribution is 2.29. The predicted octanol–water partition coefficient (Wildman–Crippen LogP) is 0.189. The predicted molar refractivity (Wildman–Crippen MR) is 78.8 cm³/mol. The lowest BCUT2D eigenvalue weighted by Crippen LogP contribution is -2.62. The lowest BCUT2D eigenvalue weighted by molar-refractivity contribution is -0.308. The van der Waals surface area contributed by atoms with Gasteiger partial charge in [-0.1, -0.05) is 0 Å². The molecule has 1 aliphatic rings. The molecule has 24 heavy (non-hydrogen) atoms. The molecule has 1 heterocycles. The summed E-state index contributed by atoms with van der Waals surface area (Å²) in [7, 11) is 1.38. The van der Waals surface area contributed by atoms with Crippen LogP contribution >= 0.6 is 0 Å². The molecule has 0 N–H and O–H groups in total. The van der Waals surface area contributed by atoms with Crippen LogP contribution in [0.15, 0.2) is 0 Å². The Kier molecular flexibility index (Phi) is 8.09. The molecule has 9 nitrogen and oxygen atoms in total. The number of carbonyl (C=O) groups excluding carboxylic acids is 3. The Labute approximate surface area is 140 Å². The number of hydrogen-bond acceptors (Lipinski definition) is 9. The van der Waals surface area contributed by atoms with Gasteiger partial charge in [0.05, 0.1) is 0 Å². The van der Waals surface area contributed by atoms with Gasteiger partial charge in [0, 0.05) is 34.5 Å². The van der Waals surface area contributed by atoms with Crippen LogP contribution in [0.2, 0.25) is 0 Å². The second-order valence-electron chi connectivity index (χ2n) is 5.15. The van der Waals surface area contributed by atoms with E-state index in [0.29, 0.717) is 0 Å². The number of carbonyl (C=O) groups is 3. The van der Waals surface area contributed by atoms with Crippen LogP contribution in [-0.2, 0) is 42.8 Å². The first-order valence-electron chi connectivity index (χ1n) is 7.57. The third-order valence-corrected chi connectivity index (χ3v) is 3.25. The van der Waals surface area contributed by atoms with Crippen molar-refractivity contribution in [2.75, 3.05) is 20.3 Å². The molecule has 0 aromatic heterocycles. The van der Waals surface area contributed by atoms with E-state index in [2.05, 4.69) is 0 Å². The summed E-state index contributed by atoms with van der Waals surface area (Å²) >= 11 is 0. The van der Waals surface area contributed by atoms with Gasteiger partial charge in [-0.15, -0.1) is 0 Å². The largest absolute Gasteiger partial charge is 0.463 e. The maximum Gasteiger partial charge on any atom is 0.303 e. The van der Waals surface area contributed by atoms with Crippen molar-refractivity contribution in [1.82, 2.24) is 0 Å². The standard InChI is InChI=1S/C15H24O9/c1-6-20-15-14(23-10(4)18)13(19-5)12(22-9(3)17)11(24-15)7-21-8(2)16/h11-15H,6-7H2,1-5H3/t11-,12+,13+,14-,15+/m0/s1. The Balaban J connectivity index is 3.07. The summed E-state index contributed by atoms with van der Waals surface area (Å²) in [5.41, 5.74) is 0. The number of methoxy groups -OCH3 is 1. The van der Waals surface area contributed by atoms with Gasteiger partial charge in [-0.2, -0.15) is 0 Å². The molecule has 5 atom stereocenters. The summed E-state index contributed by atoms with van der Waals surface area (Å²) in [6.45, 7) is 5.59. The van der Waals surface area contributed by atoms with Gasteiger partial charge in [-0.25, -0.2) is 0 Å². The lowest BCUT2D eigenvalue weighted by atomic mass is 9.98. The highest BCUT2D eigenvalue weighted by atomic mass is 16.7. The molecule has 0 amide bonds. The normalized spacial score (nSPS) is 29.6. The summed E-state index contributed by atoms with van der Waals surface area (Å²) in [4.78, 5) is 33.9. The van der Waals surface area contributed by atoms with Crippen LogP contribution in [0.5, 0.6) is 0 Å². The average molecular weight is 348 g/mol. The van der Waals surface area contributed by atoms with Crippen LogP contribution in [0.25, 0.3) is 0 Å². The fourth-order valence-corrected chi connectivity index (χ4v) is 2.43. The molecular formula is C15H24O9. The van der Waals surface area contributed by atoms with E-state index in [0.717, 1.165) is 0 Å². The van der Waals surface area contributed by atoms with Crippen molar-refractivity contribution in [3.63, 3.8) is 0 Å². The number of rotatable bonds is 7. The molecule has 1 aliphatic heterocycles. The maximum absolute atomic E-state index is 11.4. The Bertz CT molecular complexity index is 450. The first-order valence-corrected chi connectivity index (χ1v) is 7.57. The van der Waals surface area contributed by atoms with E-state index in [-0.39, 0.29) is 13.2 Å². The van der Waals surface area contributed by atoms with Crippen molar-refractivity contribution in [3.8, 4) is 0 Å². The summed E-state index contributed by atoms with van der Waals surface area (Å²) < 4.78 is 32.0. The second kappa shape index (κ2) is 9.55. The zero-order chi connectivity index (χ0) is 18.3. The van der Waals surface area contributed by atoms with Gasteiger partial charge in [0.15, 0.2) is 18.5 Å². The molecule has 138 valence electrons. The van der Waals surface area contributed by atoms with Crippen molar-refractivity contribution >= 4 is 17.9 Å². The Hall–Kier alpha value is -1.71. The molecule has 0 unspecified atom stereocenters. The van der Waals surface area contributed by atoms with Crippen LogP contribution in [-0.4, -0.2) is 68.9 Å². The third-order valence-electron chi connectivity index (χ3n) is 3.25. The summed E-state index contributed by atoms with van der Waals surface area (Å²) in [5.74, 6) is -1.64. The summed E-state index contributed by atoms with van der Waals surface area (Å²) in [5, 5.41) is 0. The van der Waals surface area contributed by atoms with Crippen LogP contribution in [0.4, 0.5) is 0 Å². The van der Waals surface area contributed by atoms with E-state index in [9.17, 15) is 14.4 Å². The second-order valence-corrected chi connectivity index (χ2v) is 5.15. The number of hydrogen-bond donors (Lipinski definition) is 0. The van der Waals surface area contributed by atoms with Crippen LogP contribution in [0.3, 0.4) is 0 Å². The molecule has 9 heteroatoms. The van der Waals surface area contributed by atoms with Crippen molar-refractivity contribution in [1.29, 1.82) is 0 Å². The summed E-state index contributed by atoms with van der Waals surface area (Å²) in [6.07, 6.45) is -4.50. The van der Waals surface area contributed by atoms with Crippen LogP contribution < -0.4 is 0 Å². The van der Waals surface area contributed by atoms with Gasteiger partial charge in [0.25, 0.3) is 0 Å². The van der Waals surface area contributed by atoms with Gasteiger partial charge >= 0.3 is 17.9 Å². The molecule has 0 aromatic carbocycles. The fraction of sp³-hybridized carbons (Fsp3) is 0.800. The smallest absolute Gasteiger partial charge is 0.303 e. The SMILES string of the molecule is CCO[C@@H]1O[C@@H](COC(C)=O)[C@@H](OC(C)=O)[C@@H](OC)[C@@H]1OC(C)=O. The van der Waals surface area contributed by atoms with Gasteiger partial charge in [0.1, 0.15) is 18.8 Å². The zero-order valence-electron chi connectivity index (χ0n) is 14.5. The van der Waals surface area contributed by atoms with E-state index in [4.69, 9.17) is 28.4 Å². The topological polar surface area (TPSA) is 107 Å². The first kappa shape index (κ1) is 20.3. The third kappa shape index (κ3) is 5.73. The Morgan fingerprint density at radius 1 is 0.917 bits per heavy atom. The molecular weight excluding hydrogens is 324 g/mol. The quantitative estimate of drug-likeness (QED) is 0.470. The van der Waals surface area contributed by atoms with Crippen molar-refractivity contribution in [2.24, 2.45) is 0 Å². The van der Waals surface area contributed by atoms with Gasteiger partial charge in [0.2, 0.25) is 0 Å². The average Bonchev–Trinajstić information content (AvgIpc) is 2.47. The van der Waals surface area contributed by atoms with E-state index < -0.39 is 48.6 Å². The van der Waals surface area contributed by atoms with Crippen molar-refractivity contribution in [2.45, 2.75) is 58.4 Å². The molecule has 0 spiro atoms. The van der Waals surface area contributed by atoms with Gasteiger partial charge in [-0.05, 0) is 6.92 Å². The highest BCUT2D eigenvalue weighted by molar-refractivity contribution is 5.67. The van der Waals surface area contributed by atoms with E-state index >= 15 is 0 Å². The Morgan fingerprint density at radius 2 is 1.50 bits per heavy atom. The van der Waals surface area contributed by atoms with Gasteiger partial charge in [-0.3, -0.25) is 14.4 Å². The molecule has 1 rings (SSSR count). The van der Waals surface area contributed by atoms with Gasteiger partial charge < -0.3 is 28.4 Å². The molecule has 0 bridgehead atoms. The van der Waals surface area contributed by atoms with Crippen molar-refractivity contribution in [3.05, 3.63) is 0 Å². The van der Waals surface area contributed by atoms with Crippen LogP contribution in [0.1, 0.15) is 27.7 Å². The molecule has 1 saturated heterocycles. The molecule has 1 fully saturated rings. The lowest BCUT2D eigenvalue weighted by Gasteiger charge is -2.44. The number of esters is 3. The minimum absolute atomic E-state index is 0.163.